The lowest BCUT2D eigenvalue weighted by atomic mass is 10.0. The minimum absolute atomic E-state index is 0.234. The maximum atomic E-state index is 12.3. The van der Waals surface area contributed by atoms with Crippen LogP contribution in [0.5, 0.6) is 0 Å². The highest BCUT2D eigenvalue weighted by molar-refractivity contribution is 7.89. The van der Waals surface area contributed by atoms with Gasteiger partial charge in [0.15, 0.2) is 0 Å². The van der Waals surface area contributed by atoms with Crippen molar-refractivity contribution in [3.63, 3.8) is 0 Å². The molecule has 5 nitrogen and oxygen atoms in total. The van der Waals surface area contributed by atoms with Crippen molar-refractivity contribution in [1.29, 1.82) is 0 Å². The molecule has 1 aliphatic rings. The number of sulfonamides is 1. The van der Waals surface area contributed by atoms with Crippen molar-refractivity contribution in [3.8, 4) is 0 Å². The molecular formula is C13H18N2O3S2. The van der Waals surface area contributed by atoms with Crippen LogP contribution in [-0.4, -0.2) is 32.2 Å². The van der Waals surface area contributed by atoms with Crippen molar-refractivity contribution >= 4 is 27.2 Å². The van der Waals surface area contributed by atoms with Gasteiger partial charge in [-0.25, -0.2) is 13.1 Å². The number of nitrogens with one attached hydrogen (secondary N) is 1. The van der Waals surface area contributed by atoms with Crippen molar-refractivity contribution in [2.75, 3.05) is 13.2 Å². The third-order valence-electron chi connectivity index (χ3n) is 3.21. The average molecular weight is 314 g/mol. The van der Waals surface area contributed by atoms with Gasteiger partial charge in [-0.05, 0) is 31.0 Å². The van der Waals surface area contributed by atoms with E-state index in [-0.39, 0.29) is 4.90 Å². The van der Waals surface area contributed by atoms with Crippen LogP contribution in [0.25, 0.3) is 0 Å². The van der Waals surface area contributed by atoms with Crippen molar-refractivity contribution in [2.24, 2.45) is 5.73 Å². The number of nitrogens with two attached hydrogens (primary N) is 1. The fourth-order valence-corrected chi connectivity index (χ4v) is 3.71. The molecular weight excluding hydrogens is 296 g/mol. The second-order valence-corrected chi connectivity index (χ2v) is 7.46. The molecule has 1 unspecified atom stereocenters. The van der Waals surface area contributed by atoms with Crippen molar-refractivity contribution in [2.45, 2.75) is 30.2 Å². The lowest BCUT2D eigenvalue weighted by Crippen LogP contribution is -2.46. The molecule has 7 heteroatoms. The summed E-state index contributed by atoms with van der Waals surface area (Å²) in [5.41, 5.74) is 5.83. The largest absolute Gasteiger partial charge is 0.393 e. The highest BCUT2D eigenvalue weighted by Gasteiger charge is 2.34. The van der Waals surface area contributed by atoms with Gasteiger partial charge in [0.05, 0.1) is 22.0 Å². The van der Waals surface area contributed by atoms with E-state index in [0.717, 1.165) is 5.56 Å². The van der Waals surface area contributed by atoms with E-state index < -0.39 is 15.6 Å². The predicted molar refractivity (Wildman–Crippen MR) is 81.1 cm³/mol. The fourth-order valence-electron chi connectivity index (χ4n) is 2.12. The molecule has 1 heterocycles. The Morgan fingerprint density at radius 1 is 1.45 bits per heavy atom. The summed E-state index contributed by atoms with van der Waals surface area (Å²) in [5.74, 6) is 0. The van der Waals surface area contributed by atoms with E-state index in [1.165, 1.54) is 0 Å². The lowest BCUT2D eigenvalue weighted by Gasteiger charge is -2.23. The zero-order valence-corrected chi connectivity index (χ0v) is 12.9. The number of thiocarbonyl (C=S) groups is 1. The van der Waals surface area contributed by atoms with E-state index >= 15 is 0 Å². The molecule has 1 aromatic carbocycles. The third-order valence-corrected chi connectivity index (χ3v) is 5.01. The second kappa shape index (κ2) is 5.77. The monoisotopic (exact) mass is 314 g/mol. The molecule has 3 N–H and O–H groups in total. The van der Waals surface area contributed by atoms with Crippen LogP contribution in [0.3, 0.4) is 0 Å². The van der Waals surface area contributed by atoms with E-state index in [4.69, 9.17) is 22.7 Å². The second-order valence-electron chi connectivity index (χ2n) is 5.26. The number of benzene rings is 1. The van der Waals surface area contributed by atoms with Gasteiger partial charge in [-0.15, -0.1) is 0 Å². The van der Waals surface area contributed by atoms with Gasteiger partial charge in [0.25, 0.3) is 0 Å². The molecule has 0 amide bonds. The normalized spacial score (nSPS) is 22.9. The number of ether oxygens (including phenoxy) is 1. The molecule has 20 heavy (non-hydrogen) atoms. The summed E-state index contributed by atoms with van der Waals surface area (Å²) < 4.78 is 32.6. The molecule has 1 fully saturated rings. The smallest absolute Gasteiger partial charge is 0.241 e. The summed E-state index contributed by atoms with van der Waals surface area (Å²) in [6.45, 7) is 2.82. The first kappa shape index (κ1) is 15.4. The highest BCUT2D eigenvalue weighted by atomic mass is 32.2. The van der Waals surface area contributed by atoms with Gasteiger partial charge in [0, 0.05) is 13.0 Å². The zero-order valence-electron chi connectivity index (χ0n) is 11.3. The van der Waals surface area contributed by atoms with Crippen molar-refractivity contribution in [1.82, 2.24) is 4.72 Å². The molecule has 1 saturated heterocycles. The SMILES string of the molecule is CC1(NS(=O)(=O)c2ccc(CC(N)=S)cc2)CCOC1. The van der Waals surface area contributed by atoms with E-state index in [0.29, 0.717) is 31.0 Å². The average Bonchev–Trinajstić information content (AvgIpc) is 2.74. The molecule has 0 spiro atoms. The summed E-state index contributed by atoms with van der Waals surface area (Å²) in [7, 11) is -3.54. The Balaban J connectivity index is 2.15. The first-order valence-electron chi connectivity index (χ1n) is 6.30. The number of hydrogen-bond acceptors (Lipinski definition) is 4. The minimum Gasteiger partial charge on any atom is -0.393 e. The zero-order chi connectivity index (χ0) is 14.8. The molecule has 1 aromatic rings. The van der Waals surface area contributed by atoms with Crippen LogP contribution in [0.15, 0.2) is 29.2 Å². The predicted octanol–water partition coefficient (Wildman–Crippen LogP) is 0.972. The Hall–Kier alpha value is -1.02. The Morgan fingerprint density at radius 3 is 2.60 bits per heavy atom. The molecule has 0 aliphatic carbocycles. The maximum absolute atomic E-state index is 12.3. The summed E-state index contributed by atoms with van der Waals surface area (Å²) in [4.78, 5) is 0.617. The standard InChI is InChI=1S/C13H18N2O3S2/c1-13(6-7-18-9-13)15-20(16,17)11-4-2-10(3-5-11)8-12(14)19/h2-5,15H,6-9H2,1H3,(H2,14,19). The van der Waals surface area contributed by atoms with Crippen LogP contribution >= 0.6 is 12.2 Å². The molecule has 0 saturated carbocycles. The van der Waals surface area contributed by atoms with E-state index in [2.05, 4.69) is 4.72 Å². The van der Waals surface area contributed by atoms with E-state index in [1.807, 2.05) is 6.92 Å². The molecule has 1 aliphatic heterocycles. The Kier molecular flexibility index (Phi) is 4.43. The summed E-state index contributed by atoms with van der Waals surface area (Å²) in [5, 5.41) is 0. The van der Waals surface area contributed by atoms with Gasteiger partial charge >= 0.3 is 0 Å². The Labute approximate surface area is 124 Å². The van der Waals surface area contributed by atoms with Crippen LogP contribution in [0, 0.1) is 0 Å². The van der Waals surface area contributed by atoms with Crippen LogP contribution in [-0.2, 0) is 21.2 Å². The molecule has 0 radical (unpaired) electrons. The van der Waals surface area contributed by atoms with Gasteiger partial charge < -0.3 is 10.5 Å². The topological polar surface area (TPSA) is 81.4 Å². The number of hydrogen-bond donors (Lipinski definition) is 2. The van der Waals surface area contributed by atoms with E-state index in [9.17, 15) is 8.42 Å². The number of rotatable bonds is 5. The van der Waals surface area contributed by atoms with Gasteiger partial charge in [-0.1, -0.05) is 24.4 Å². The Bertz CT molecular complexity index is 591. The first-order chi connectivity index (χ1) is 9.31. The van der Waals surface area contributed by atoms with Gasteiger partial charge in [-0.2, -0.15) is 0 Å². The molecule has 2 rings (SSSR count). The quantitative estimate of drug-likeness (QED) is 0.792. The molecule has 0 aromatic heterocycles. The lowest BCUT2D eigenvalue weighted by molar-refractivity contribution is 0.178. The van der Waals surface area contributed by atoms with Crippen LogP contribution in [0.2, 0.25) is 0 Å². The highest BCUT2D eigenvalue weighted by Crippen LogP contribution is 2.21. The van der Waals surface area contributed by atoms with Crippen LogP contribution in [0.4, 0.5) is 0 Å². The Morgan fingerprint density at radius 2 is 2.10 bits per heavy atom. The van der Waals surface area contributed by atoms with E-state index in [1.54, 1.807) is 24.3 Å². The summed E-state index contributed by atoms with van der Waals surface area (Å²) in [6, 6.07) is 6.58. The van der Waals surface area contributed by atoms with Gasteiger partial charge in [0.1, 0.15) is 0 Å². The van der Waals surface area contributed by atoms with Crippen LogP contribution < -0.4 is 10.5 Å². The molecule has 0 bridgehead atoms. The van der Waals surface area contributed by atoms with Crippen molar-refractivity contribution < 1.29 is 13.2 Å². The van der Waals surface area contributed by atoms with Gasteiger partial charge in [-0.3, -0.25) is 0 Å². The maximum Gasteiger partial charge on any atom is 0.241 e. The summed E-state index contributed by atoms with van der Waals surface area (Å²) in [6.07, 6.45) is 1.14. The minimum atomic E-state index is -3.54. The van der Waals surface area contributed by atoms with Crippen molar-refractivity contribution in [3.05, 3.63) is 29.8 Å². The molecule has 1 atom stereocenters. The van der Waals surface area contributed by atoms with Crippen LogP contribution in [0.1, 0.15) is 18.9 Å². The third kappa shape index (κ3) is 3.76. The fraction of sp³-hybridized carbons (Fsp3) is 0.462. The molecule has 110 valence electrons. The first-order valence-corrected chi connectivity index (χ1v) is 8.19. The van der Waals surface area contributed by atoms with Gasteiger partial charge in [0.2, 0.25) is 10.0 Å². The summed E-state index contributed by atoms with van der Waals surface area (Å²) >= 11 is 4.83.